The number of rotatable bonds is 7. The van der Waals surface area contributed by atoms with Crippen molar-refractivity contribution in [2.24, 2.45) is 0 Å². The van der Waals surface area contributed by atoms with Gasteiger partial charge in [-0.1, -0.05) is 18.2 Å². The van der Waals surface area contributed by atoms with Crippen molar-refractivity contribution >= 4 is 11.8 Å². The number of amides is 2. The summed E-state index contributed by atoms with van der Waals surface area (Å²) in [5.74, 6) is 0.152. The molecule has 1 aromatic carbocycles. The molecule has 1 aliphatic rings. The number of hydrogen-bond donors (Lipinski definition) is 2. The fourth-order valence-corrected chi connectivity index (χ4v) is 3.61. The van der Waals surface area contributed by atoms with Crippen LogP contribution in [0.15, 0.2) is 36.4 Å². The Morgan fingerprint density at radius 2 is 1.86 bits per heavy atom. The van der Waals surface area contributed by atoms with Crippen LogP contribution in [0.5, 0.6) is 0 Å². The van der Waals surface area contributed by atoms with Crippen LogP contribution < -0.4 is 10.2 Å². The van der Waals surface area contributed by atoms with Crippen molar-refractivity contribution < 1.29 is 14.5 Å². The number of carbonyl (C=O) groups excluding carboxylic acids is 2. The summed E-state index contributed by atoms with van der Waals surface area (Å²) in [5, 5.41) is 7.44. The second-order valence-corrected chi connectivity index (χ2v) is 7.44. The standard InChI is InChI=1S/C21H29N5O2/c1-17-15-18(2)26(23-17)10-6-9-22-20(27)16-24-11-13-25(14-12-24)21(28)19-7-4-3-5-8-19/h3-5,7-8,15H,6,9-14,16H2,1-2H3,(H,22,27)/p+1. The van der Waals surface area contributed by atoms with Gasteiger partial charge in [0.25, 0.3) is 11.8 Å². The van der Waals surface area contributed by atoms with Crippen LogP contribution >= 0.6 is 0 Å². The van der Waals surface area contributed by atoms with E-state index in [1.807, 2.05) is 53.8 Å². The molecule has 0 bridgehead atoms. The summed E-state index contributed by atoms with van der Waals surface area (Å²) in [6, 6.07) is 11.4. The van der Waals surface area contributed by atoms with Crippen molar-refractivity contribution in [3.05, 3.63) is 53.3 Å². The van der Waals surface area contributed by atoms with Crippen molar-refractivity contribution in [1.82, 2.24) is 20.0 Å². The third-order valence-corrected chi connectivity index (χ3v) is 5.16. The highest BCUT2D eigenvalue weighted by Gasteiger charge is 2.25. The molecule has 0 atom stereocenters. The van der Waals surface area contributed by atoms with Gasteiger partial charge in [-0.15, -0.1) is 0 Å². The largest absolute Gasteiger partial charge is 0.351 e. The van der Waals surface area contributed by atoms with Crippen molar-refractivity contribution in [3.63, 3.8) is 0 Å². The van der Waals surface area contributed by atoms with Gasteiger partial charge < -0.3 is 15.1 Å². The van der Waals surface area contributed by atoms with E-state index in [1.54, 1.807) is 0 Å². The lowest BCUT2D eigenvalue weighted by atomic mass is 10.2. The van der Waals surface area contributed by atoms with Gasteiger partial charge in [-0.2, -0.15) is 5.10 Å². The fraction of sp³-hybridized carbons (Fsp3) is 0.476. The Morgan fingerprint density at radius 1 is 1.14 bits per heavy atom. The number of benzene rings is 1. The van der Waals surface area contributed by atoms with Crippen LogP contribution in [0.2, 0.25) is 0 Å². The highest BCUT2D eigenvalue weighted by Crippen LogP contribution is 2.04. The molecule has 0 saturated carbocycles. The minimum atomic E-state index is 0.0752. The van der Waals surface area contributed by atoms with Gasteiger partial charge in [-0.05, 0) is 38.5 Å². The topological polar surface area (TPSA) is 71.7 Å². The summed E-state index contributed by atoms with van der Waals surface area (Å²) in [6.45, 7) is 8.95. The van der Waals surface area contributed by atoms with E-state index in [1.165, 1.54) is 4.90 Å². The van der Waals surface area contributed by atoms with E-state index in [-0.39, 0.29) is 11.8 Å². The van der Waals surface area contributed by atoms with Crippen LogP contribution in [0.25, 0.3) is 0 Å². The average Bonchev–Trinajstić information content (AvgIpc) is 3.03. The fourth-order valence-electron chi connectivity index (χ4n) is 3.61. The van der Waals surface area contributed by atoms with E-state index in [0.717, 1.165) is 43.0 Å². The summed E-state index contributed by atoms with van der Waals surface area (Å²) in [4.78, 5) is 27.8. The van der Waals surface area contributed by atoms with E-state index in [2.05, 4.69) is 16.5 Å². The normalized spacial score (nSPS) is 14.9. The van der Waals surface area contributed by atoms with E-state index in [0.29, 0.717) is 26.2 Å². The first-order chi connectivity index (χ1) is 13.5. The van der Waals surface area contributed by atoms with Crippen molar-refractivity contribution in [1.29, 1.82) is 0 Å². The maximum atomic E-state index is 12.5. The third-order valence-electron chi connectivity index (χ3n) is 5.16. The number of aromatic nitrogens is 2. The number of piperazine rings is 1. The molecule has 0 aliphatic carbocycles. The number of aryl methyl sites for hydroxylation is 3. The smallest absolute Gasteiger partial charge is 0.275 e. The molecule has 0 radical (unpaired) electrons. The molecule has 150 valence electrons. The molecule has 2 aromatic rings. The lowest BCUT2D eigenvalue weighted by Gasteiger charge is -2.32. The molecule has 2 N–H and O–H groups in total. The Kier molecular flexibility index (Phi) is 6.81. The van der Waals surface area contributed by atoms with Gasteiger partial charge in [0.1, 0.15) is 0 Å². The van der Waals surface area contributed by atoms with Gasteiger partial charge in [-0.25, -0.2) is 0 Å². The number of nitrogens with one attached hydrogen (secondary N) is 2. The molecular formula is C21H30N5O2+. The highest BCUT2D eigenvalue weighted by atomic mass is 16.2. The first kappa shape index (κ1) is 20.1. The predicted molar refractivity (Wildman–Crippen MR) is 107 cm³/mol. The van der Waals surface area contributed by atoms with Crippen LogP contribution in [0.3, 0.4) is 0 Å². The number of nitrogens with zero attached hydrogens (tertiary/aromatic N) is 3. The summed E-state index contributed by atoms with van der Waals surface area (Å²) in [6.07, 6.45) is 0.863. The van der Waals surface area contributed by atoms with Crippen LogP contribution in [0.1, 0.15) is 28.2 Å². The Balaban J connectivity index is 1.33. The van der Waals surface area contributed by atoms with Crippen LogP contribution in [0.4, 0.5) is 0 Å². The molecule has 28 heavy (non-hydrogen) atoms. The third kappa shape index (κ3) is 5.42. The molecule has 1 fully saturated rings. The number of carbonyl (C=O) groups is 2. The zero-order valence-electron chi connectivity index (χ0n) is 16.8. The summed E-state index contributed by atoms with van der Waals surface area (Å²) < 4.78 is 1.98. The highest BCUT2D eigenvalue weighted by molar-refractivity contribution is 5.94. The van der Waals surface area contributed by atoms with Crippen LogP contribution in [-0.2, 0) is 11.3 Å². The molecule has 1 aromatic heterocycles. The van der Waals surface area contributed by atoms with Crippen molar-refractivity contribution in [2.45, 2.75) is 26.8 Å². The van der Waals surface area contributed by atoms with Crippen LogP contribution in [-0.4, -0.2) is 65.8 Å². The quantitative estimate of drug-likeness (QED) is 0.663. The SMILES string of the molecule is Cc1cc(C)n(CCCNC(=O)C[NH+]2CCN(C(=O)c3ccccc3)CC2)n1. The lowest BCUT2D eigenvalue weighted by molar-refractivity contribution is -0.896. The van der Waals surface area contributed by atoms with Crippen molar-refractivity contribution in [3.8, 4) is 0 Å². The second kappa shape index (κ2) is 9.50. The molecule has 1 aliphatic heterocycles. The average molecular weight is 385 g/mol. The molecule has 0 spiro atoms. The molecule has 2 amide bonds. The zero-order valence-corrected chi connectivity index (χ0v) is 16.8. The monoisotopic (exact) mass is 384 g/mol. The Hall–Kier alpha value is -2.67. The second-order valence-electron chi connectivity index (χ2n) is 7.44. The summed E-state index contributed by atoms with van der Waals surface area (Å²) >= 11 is 0. The maximum absolute atomic E-state index is 12.5. The number of hydrogen-bond acceptors (Lipinski definition) is 3. The molecule has 7 heteroatoms. The van der Waals surface area contributed by atoms with Gasteiger partial charge in [-0.3, -0.25) is 14.3 Å². The predicted octanol–water partition coefficient (Wildman–Crippen LogP) is 0.0471. The van der Waals surface area contributed by atoms with Gasteiger partial charge >= 0.3 is 0 Å². The molecule has 1 saturated heterocycles. The Bertz CT molecular complexity index is 794. The van der Waals surface area contributed by atoms with E-state index in [4.69, 9.17) is 0 Å². The molecular weight excluding hydrogens is 354 g/mol. The van der Waals surface area contributed by atoms with Gasteiger partial charge in [0.2, 0.25) is 0 Å². The zero-order chi connectivity index (χ0) is 19.9. The van der Waals surface area contributed by atoms with E-state index < -0.39 is 0 Å². The summed E-state index contributed by atoms with van der Waals surface area (Å²) in [5.41, 5.74) is 2.90. The Labute approximate surface area is 166 Å². The molecule has 0 unspecified atom stereocenters. The first-order valence-corrected chi connectivity index (χ1v) is 9.98. The number of quaternary nitrogens is 1. The lowest BCUT2D eigenvalue weighted by Crippen LogP contribution is -3.15. The molecule has 3 rings (SSSR count). The van der Waals surface area contributed by atoms with Gasteiger partial charge in [0.05, 0.1) is 31.9 Å². The van der Waals surface area contributed by atoms with E-state index >= 15 is 0 Å². The molecule has 7 nitrogen and oxygen atoms in total. The van der Waals surface area contributed by atoms with E-state index in [9.17, 15) is 9.59 Å². The minimum Gasteiger partial charge on any atom is -0.351 e. The summed E-state index contributed by atoms with van der Waals surface area (Å²) in [7, 11) is 0. The molecule has 2 heterocycles. The van der Waals surface area contributed by atoms with Gasteiger partial charge in [0, 0.05) is 24.3 Å². The maximum Gasteiger partial charge on any atom is 0.275 e. The Morgan fingerprint density at radius 3 is 2.50 bits per heavy atom. The van der Waals surface area contributed by atoms with Crippen LogP contribution in [0, 0.1) is 13.8 Å². The van der Waals surface area contributed by atoms with Gasteiger partial charge in [0.15, 0.2) is 6.54 Å². The minimum absolute atomic E-state index is 0.0752. The first-order valence-electron chi connectivity index (χ1n) is 9.98. The van der Waals surface area contributed by atoms with Crippen molar-refractivity contribution in [2.75, 3.05) is 39.3 Å².